The van der Waals surface area contributed by atoms with Crippen molar-refractivity contribution in [3.8, 4) is 0 Å². The minimum Gasteiger partial charge on any atom is -0.481 e. The molecule has 1 heterocycles. The zero-order chi connectivity index (χ0) is 13.8. The first kappa shape index (κ1) is 13.5. The summed E-state index contributed by atoms with van der Waals surface area (Å²) in [5, 5.41) is 11.8. The summed E-state index contributed by atoms with van der Waals surface area (Å²) in [6.45, 7) is 2.66. The molecule has 1 atom stereocenters. The van der Waals surface area contributed by atoms with Gasteiger partial charge in [-0.3, -0.25) is 9.59 Å². The first-order chi connectivity index (χ1) is 9.10. The van der Waals surface area contributed by atoms with Crippen LogP contribution in [0.5, 0.6) is 0 Å². The normalized spacial score (nSPS) is 19.5. The van der Waals surface area contributed by atoms with Crippen LogP contribution in [-0.2, 0) is 16.0 Å². The second-order valence-electron chi connectivity index (χ2n) is 4.70. The van der Waals surface area contributed by atoms with Crippen LogP contribution in [0.4, 0.5) is 5.69 Å². The van der Waals surface area contributed by atoms with E-state index in [-0.39, 0.29) is 24.9 Å². The Hall–Kier alpha value is -1.88. The molecule has 1 saturated heterocycles. The number of amides is 1. The van der Waals surface area contributed by atoms with Crippen molar-refractivity contribution in [3.63, 3.8) is 0 Å². The molecule has 5 nitrogen and oxygen atoms in total. The van der Waals surface area contributed by atoms with E-state index in [9.17, 15) is 9.59 Å². The lowest BCUT2D eigenvalue weighted by Crippen LogP contribution is -2.54. The molecule has 0 radical (unpaired) electrons. The number of anilines is 1. The Labute approximate surface area is 112 Å². The van der Waals surface area contributed by atoms with Crippen molar-refractivity contribution < 1.29 is 14.7 Å². The Morgan fingerprint density at radius 2 is 2.11 bits per heavy atom. The third-order valence-electron chi connectivity index (χ3n) is 3.32. The van der Waals surface area contributed by atoms with Crippen molar-refractivity contribution in [3.05, 3.63) is 29.8 Å². The van der Waals surface area contributed by atoms with E-state index in [0.29, 0.717) is 6.54 Å². The standard InChI is InChI=1S/C14H18N2O3/c1-2-10-3-5-12(6-4-10)16-9-11(7-14(18)19)15-8-13(16)17/h3-6,11,15H,2,7-9H2,1H3,(H,18,19). The van der Waals surface area contributed by atoms with Crippen LogP contribution in [-0.4, -0.2) is 36.1 Å². The van der Waals surface area contributed by atoms with Crippen LogP contribution < -0.4 is 10.2 Å². The number of aliphatic carboxylic acids is 1. The van der Waals surface area contributed by atoms with Crippen LogP contribution in [0.1, 0.15) is 18.9 Å². The maximum absolute atomic E-state index is 11.9. The summed E-state index contributed by atoms with van der Waals surface area (Å²) in [4.78, 5) is 24.3. The zero-order valence-corrected chi connectivity index (χ0v) is 10.9. The van der Waals surface area contributed by atoms with Gasteiger partial charge < -0.3 is 15.3 Å². The number of carbonyl (C=O) groups excluding carboxylic acids is 1. The number of nitrogens with zero attached hydrogens (tertiary/aromatic N) is 1. The third-order valence-corrected chi connectivity index (χ3v) is 3.32. The molecule has 1 aliphatic heterocycles. The summed E-state index contributed by atoms with van der Waals surface area (Å²) in [6, 6.07) is 7.63. The van der Waals surface area contributed by atoms with Gasteiger partial charge in [-0.15, -0.1) is 0 Å². The van der Waals surface area contributed by atoms with E-state index in [1.165, 1.54) is 5.56 Å². The molecule has 1 amide bonds. The first-order valence-electron chi connectivity index (χ1n) is 6.44. The molecule has 1 unspecified atom stereocenters. The van der Waals surface area contributed by atoms with E-state index in [1.54, 1.807) is 4.90 Å². The largest absolute Gasteiger partial charge is 0.481 e. The lowest BCUT2D eigenvalue weighted by molar-refractivity contribution is -0.138. The minimum atomic E-state index is -0.854. The van der Waals surface area contributed by atoms with E-state index in [1.807, 2.05) is 24.3 Å². The maximum Gasteiger partial charge on any atom is 0.304 e. The van der Waals surface area contributed by atoms with Crippen LogP contribution in [0.25, 0.3) is 0 Å². The Morgan fingerprint density at radius 3 is 2.68 bits per heavy atom. The van der Waals surface area contributed by atoms with Gasteiger partial charge in [-0.25, -0.2) is 0 Å². The van der Waals surface area contributed by atoms with Gasteiger partial charge in [0.25, 0.3) is 0 Å². The molecule has 0 saturated carbocycles. The van der Waals surface area contributed by atoms with Gasteiger partial charge >= 0.3 is 5.97 Å². The van der Waals surface area contributed by atoms with Crippen molar-refractivity contribution in [2.45, 2.75) is 25.8 Å². The van der Waals surface area contributed by atoms with Crippen LogP contribution in [0.15, 0.2) is 24.3 Å². The second-order valence-corrected chi connectivity index (χ2v) is 4.70. The van der Waals surface area contributed by atoms with Gasteiger partial charge in [0, 0.05) is 18.3 Å². The Balaban J connectivity index is 2.11. The van der Waals surface area contributed by atoms with Crippen molar-refractivity contribution in [2.75, 3.05) is 18.0 Å². The number of carbonyl (C=O) groups is 2. The van der Waals surface area contributed by atoms with Crippen LogP contribution in [0.3, 0.4) is 0 Å². The fraction of sp³-hybridized carbons (Fsp3) is 0.429. The Morgan fingerprint density at radius 1 is 1.42 bits per heavy atom. The predicted molar refractivity (Wildman–Crippen MR) is 72.2 cm³/mol. The van der Waals surface area contributed by atoms with Gasteiger partial charge in [0.05, 0.1) is 13.0 Å². The van der Waals surface area contributed by atoms with Crippen molar-refractivity contribution >= 4 is 17.6 Å². The summed E-state index contributed by atoms with van der Waals surface area (Å²) in [5.74, 6) is -0.876. The van der Waals surface area contributed by atoms with Crippen LogP contribution in [0.2, 0.25) is 0 Å². The van der Waals surface area contributed by atoms with E-state index in [4.69, 9.17) is 5.11 Å². The van der Waals surface area contributed by atoms with Crippen molar-refractivity contribution in [1.82, 2.24) is 5.32 Å². The average Bonchev–Trinajstić information content (AvgIpc) is 2.40. The molecule has 5 heteroatoms. The van der Waals surface area contributed by atoms with Crippen LogP contribution in [0, 0.1) is 0 Å². The van der Waals surface area contributed by atoms with Gasteiger partial charge in [0.15, 0.2) is 0 Å². The molecule has 1 aromatic carbocycles. The Kier molecular flexibility index (Phi) is 4.16. The highest BCUT2D eigenvalue weighted by molar-refractivity contribution is 5.95. The van der Waals surface area contributed by atoms with Crippen LogP contribution >= 0.6 is 0 Å². The summed E-state index contributed by atoms with van der Waals surface area (Å²) in [7, 11) is 0. The fourth-order valence-corrected chi connectivity index (χ4v) is 2.22. The predicted octanol–water partition coefficient (Wildman–Crippen LogP) is 1.03. The second kappa shape index (κ2) is 5.84. The molecular weight excluding hydrogens is 244 g/mol. The monoisotopic (exact) mass is 262 g/mol. The third kappa shape index (κ3) is 3.32. The topological polar surface area (TPSA) is 69.6 Å². The quantitative estimate of drug-likeness (QED) is 0.850. The van der Waals surface area contributed by atoms with Crippen molar-refractivity contribution in [2.24, 2.45) is 0 Å². The number of benzene rings is 1. The molecular formula is C14H18N2O3. The molecule has 2 N–H and O–H groups in total. The van der Waals surface area contributed by atoms with Gasteiger partial charge in [0.1, 0.15) is 0 Å². The van der Waals surface area contributed by atoms with E-state index < -0.39 is 5.97 Å². The SMILES string of the molecule is CCc1ccc(N2CC(CC(=O)O)NCC2=O)cc1. The van der Waals surface area contributed by atoms with E-state index >= 15 is 0 Å². The summed E-state index contributed by atoms with van der Waals surface area (Å²) >= 11 is 0. The number of rotatable bonds is 4. The van der Waals surface area contributed by atoms with Gasteiger partial charge in [-0.05, 0) is 24.1 Å². The number of nitrogens with one attached hydrogen (secondary N) is 1. The Bertz CT molecular complexity index is 470. The molecule has 2 rings (SSSR count). The molecule has 0 bridgehead atoms. The number of hydrogen-bond donors (Lipinski definition) is 2. The van der Waals surface area contributed by atoms with Gasteiger partial charge in [0.2, 0.25) is 5.91 Å². The maximum atomic E-state index is 11.9. The van der Waals surface area contributed by atoms with E-state index in [2.05, 4.69) is 12.2 Å². The number of piperazine rings is 1. The lowest BCUT2D eigenvalue weighted by Gasteiger charge is -2.33. The molecule has 0 aliphatic carbocycles. The molecule has 102 valence electrons. The van der Waals surface area contributed by atoms with Gasteiger partial charge in [-0.1, -0.05) is 19.1 Å². The highest BCUT2D eigenvalue weighted by Gasteiger charge is 2.27. The highest BCUT2D eigenvalue weighted by Crippen LogP contribution is 2.18. The summed E-state index contributed by atoms with van der Waals surface area (Å²) < 4.78 is 0. The number of aryl methyl sites for hydroxylation is 1. The van der Waals surface area contributed by atoms with Gasteiger partial charge in [-0.2, -0.15) is 0 Å². The zero-order valence-electron chi connectivity index (χ0n) is 10.9. The smallest absolute Gasteiger partial charge is 0.304 e. The molecule has 1 aliphatic rings. The molecule has 0 spiro atoms. The number of carboxylic acids is 1. The minimum absolute atomic E-state index is 0.0223. The molecule has 19 heavy (non-hydrogen) atoms. The first-order valence-corrected chi connectivity index (χ1v) is 6.44. The fourth-order valence-electron chi connectivity index (χ4n) is 2.22. The molecule has 0 aromatic heterocycles. The van der Waals surface area contributed by atoms with E-state index in [0.717, 1.165) is 12.1 Å². The summed E-state index contributed by atoms with van der Waals surface area (Å²) in [6.07, 6.45) is 0.980. The highest BCUT2D eigenvalue weighted by atomic mass is 16.4. The average molecular weight is 262 g/mol. The molecule has 1 fully saturated rings. The number of hydrogen-bond acceptors (Lipinski definition) is 3. The van der Waals surface area contributed by atoms with Crippen molar-refractivity contribution in [1.29, 1.82) is 0 Å². The number of carboxylic acid groups (broad SMARTS) is 1. The lowest BCUT2D eigenvalue weighted by atomic mass is 10.1. The molecule has 1 aromatic rings. The summed E-state index contributed by atoms with van der Waals surface area (Å²) in [5.41, 5.74) is 2.05.